The number of methoxy groups -OCH3 is 1. The summed E-state index contributed by atoms with van der Waals surface area (Å²) in [6, 6.07) is 7.66. The summed E-state index contributed by atoms with van der Waals surface area (Å²) in [4.78, 5) is 11.4. The fraction of sp³-hybridized carbons (Fsp3) is 0.167. The quantitative estimate of drug-likeness (QED) is 0.796. The fourth-order valence-electron chi connectivity index (χ4n) is 1.62. The van der Waals surface area contributed by atoms with E-state index in [-0.39, 0.29) is 11.4 Å². The largest absolute Gasteiger partial charge is 0.465 e. The van der Waals surface area contributed by atoms with Crippen LogP contribution in [0.4, 0.5) is 5.82 Å². The number of benzene rings is 1. The van der Waals surface area contributed by atoms with Crippen molar-refractivity contribution in [2.45, 2.75) is 6.92 Å². The molecule has 5 nitrogen and oxygen atoms in total. The molecule has 0 bridgehead atoms. The van der Waals surface area contributed by atoms with Crippen LogP contribution in [-0.2, 0) is 4.74 Å². The van der Waals surface area contributed by atoms with Gasteiger partial charge in [0.25, 0.3) is 0 Å². The Balaban J connectivity index is 2.52. The second kappa shape index (κ2) is 4.29. The number of carbonyl (C=O) groups excluding carboxylic acids is 1. The van der Waals surface area contributed by atoms with Crippen molar-refractivity contribution in [1.82, 2.24) is 9.78 Å². The topological polar surface area (TPSA) is 70.1 Å². The number of aromatic nitrogens is 2. The van der Waals surface area contributed by atoms with E-state index in [2.05, 4.69) is 9.84 Å². The predicted molar refractivity (Wildman–Crippen MR) is 64.1 cm³/mol. The number of esters is 1. The second-order valence-corrected chi connectivity index (χ2v) is 3.63. The molecule has 2 aromatic rings. The van der Waals surface area contributed by atoms with Crippen LogP contribution in [0.2, 0.25) is 0 Å². The summed E-state index contributed by atoms with van der Waals surface area (Å²) in [6.45, 7) is 1.95. The number of nitrogens with zero attached hydrogens (tertiary/aromatic N) is 2. The standard InChI is InChI=1S/C12H13N3O2/c1-8-5-3-4-6-10(8)15-11(13)9(7-14-15)12(16)17-2/h3-7H,13H2,1-2H3. The summed E-state index contributed by atoms with van der Waals surface area (Å²) in [6.07, 6.45) is 1.41. The van der Waals surface area contributed by atoms with Crippen LogP contribution < -0.4 is 5.73 Å². The molecule has 0 saturated heterocycles. The normalized spacial score (nSPS) is 10.2. The van der Waals surface area contributed by atoms with Crippen molar-refractivity contribution in [3.63, 3.8) is 0 Å². The SMILES string of the molecule is COC(=O)c1cnn(-c2ccccc2C)c1N. The van der Waals surface area contributed by atoms with Gasteiger partial charge in [-0.2, -0.15) is 5.10 Å². The van der Waals surface area contributed by atoms with Crippen LogP contribution in [0, 0.1) is 6.92 Å². The fourth-order valence-corrected chi connectivity index (χ4v) is 1.62. The first-order valence-corrected chi connectivity index (χ1v) is 5.13. The summed E-state index contributed by atoms with van der Waals surface area (Å²) in [7, 11) is 1.31. The first-order valence-electron chi connectivity index (χ1n) is 5.13. The third-order valence-electron chi connectivity index (χ3n) is 2.56. The Morgan fingerprint density at radius 3 is 2.76 bits per heavy atom. The third kappa shape index (κ3) is 1.87. The molecule has 0 fully saturated rings. The van der Waals surface area contributed by atoms with Crippen LogP contribution in [0.3, 0.4) is 0 Å². The van der Waals surface area contributed by atoms with Gasteiger partial charge in [0.2, 0.25) is 0 Å². The lowest BCUT2D eigenvalue weighted by Crippen LogP contribution is -2.08. The van der Waals surface area contributed by atoms with Gasteiger partial charge in [0.05, 0.1) is 19.0 Å². The number of carbonyl (C=O) groups is 1. The summed E-state index contributed by atoms with van der Waals surface area (Å²) in [5.41, 5.74) is 8.03. The van der Waals surface area contributed by atoms with E-state index in [0.717, 1.165) is 11.3 Å². The Morgan fingerprint density at radius 2 is 2.12 bits per heavy atom. The lowest BCUT2D eigenvalue weighted by molar-refractivity contribution is 0.0602. The number of rotatable bonds is 2. The minimum Gasteiger partial charge on any atom is -0.465 e. The maximum Gasteiger partial charge on any atom is 0.343 e. The third-order valence-corrected chi connectivity index (χ3v) is 2.56. The molecule has 5 heteroatoms. The van der Waals surface area contributed by atoms with Gasteiger partial charge in [-0.25, -0.2) is 9.48 Å². The molecular formula is C12H13N3O2. The summed E-state index contributed by atoms with van der Waals surface area (Å²) >= 11 is 0. The average molecular weight is 231 g/mol. The minimum atomic E-state index is -0.484. The van der Waals surface area contributed by atoms with Crippen molar-refractivity contribution in [3.8, 4) is 5.69 Å². The lowest BCUT2D eigenvalue weighted by Gasteiger charge is -2.07. The van der Waals surface area contributed by atoms with E-state index in [9.17, 15) is 4.79 Å². The number of nitrogens with two attached hydrogens (primary N) is 1. The Labute approximate surface area is 98.8 Å². The van der Waals surface area contributed by atoms with Gasteiger partial charge in [-0.1, -0.05) is 18.2 Å². The van der Waals surface area contributed by atoms with E-state index < -0.39 is 5.97 Å². The second-order valence-electron chi connectivity index (χ2n) is 3.63. The molecular weight excluding hydrogens is 218 g/mol. The number of aryl methyl sites for hydroxylation is 1. The lowest BCUT2D eigenvalue weighted by atomic mass is 10.2. The average Bonchev–Trinajstić information content (AvgIpc) is 2.71. The highest BCUT2D eigenvalue weighted by Gasteiger charge is 2.16. The van der Waals surface area contributed by atoms with Gasteiger partial charge in [0, 0.05) is 0 Å². The molecule has 1 aromatic heterocycles. The van der Waals surface area contributed by atoms with Gasteiger partial charge < -0.3 is 10.5 Å². The Bertz CT molecular complexity index is 561. The van der Waals surface area contributed by atoms with Crippen LogP contribution in [-0.4, -0.2) is 22.9 Å². The van der Waals surface area contributed by atoms with Gasteiger partial charge in [0.15, 0.2) is 0 Å². The van der Waals surface area contributed by atoms with Gasteiger partial charge in [-0.05, 0) is 18.6 Å². The molecule has 0 radical (unpaired) electrons. The molecule has 1 aromatic carbocycles. The molecule has 0 amide bonds. The van der Waals surface area contributed by atoms with Gasteiger partial charge in [-0.15, -0.1) is 0 Å². The zero-order chi connectivity index (χ0) is 12.4. The first-order chi connectivity index (χ1) is 8.15. The molecule has 0 saturated carbocycles. The van der Waals surface area contributed by atoms with Crippen LogP contribution in [0.15, 0.2) is 30.5 Å². The number of anilines is 1. The summed E-state index contributed by atoms with van der Waals surface area (Å²) in [5, 5.41) is 4.11. The zero-order valence-corrected chi connectivity index (χ0v) is 9.68. The van der Waals surface area contributed by atoms with Crippen molar-refractivity contribution >= 4 is 11.8 Å². The Kier molecular flexibility index (Phi) is 2.82. The van der Waals surface area contributed by atoms with E-state index >= 15 is 0 Å². The number of hydrogen-bond acceptors (Lipinski definition) is 4. The van der Waals surface area contributed by atoms with Gasteiger partial charge >= 0.3 is 5.97 Å². The predicted octanol–water partition coefficient (Wildman–Crippen LogP) is 1.55. The van der Waals surface area contributed by atoms with Crippen molar-refractivity contribution in [2.24, 2.45) is 0 Å². The number of ether oxygens (including phenoxy) is 1. The molecule has 0 atom stereocenters. The van der Waals surface area contributed by atoms with E-state index in [4.69, 9.17) is 5.73 Å². The van der Waals surface area contributed by atoms with Crippen molar-refractivity contribution < 1.29 is 9.53 Å². The minimum absolute atomic E-state index is 0.274. The first kappa shape index (κ1) is 11.2. The molecule has 2 N–H and O–H groups in total. The molecule has 0 aliphatic heterocycles. The highest BCUT2D eigenvalue weighted by molar-refractivity contribution is 5.94. The molecule has 17 heavy (non-hydrogen) atoms. The van der Waals surface area contributed by atoms with E-state index in [1.807, 2.05) is 31.2 Å². The molecule has 0 aliphatic carbocycles. The van der Waals surface area contributed by atoms with Crippen LogP contribution in [0.1, 0.15) is 15.9 Å². The van der Waals surface area contributed by atoms with Gasteiger partial charge in [-0.3, -0.25) is 0 Å². The highest BCUT2D eigenvalue weighted by atomic mass is 16.5. The van der Waals surface area contributed by atoms with Crippen molar-refractivity contribution in [2.75, 3.05) is 12.8 Å². The molecule has 0 spiro atoms. The number of nitrogen functional groups attached to an aromatic ring is 1. The maximum absolute atomic E-state index is 11.4. The molecule has 1 heterocycles. The Morgan fingerprint density at radius 1 is 1.41 bits per heavy atom. The van der Waals surface area contributed by atoms with E-state index in [1.165, 1.54) is 18.0 Å². The smallest absolute Gasteiger partial charge is 0.343 e. The maximum atomic E-state index is 11.4. The number of para-hydroxylation sites is 1. The van der Waals surface area contributed by atoms with Crippen LogP contribution in [0.5, 0.6) is 0 Å². The van der Waals surface area contributed by atoms with Crippen LogP contribution >= 0.6 is 0 Å². The molecule has 0 unspecified atom stereocenters. The van der Waals surface area contributed by atoms with Crippen LogP contribution in [0.25, 0.3) is 5.69 Å². The molecule has 88 valence electrons. The highest BCUT2D eigenvalue weighted by Crippen LogP contribution is 2.20. The van der Waals surface area contributed by atoms with E-state index in [0.29, 0.717) is 0 Å². The zero-order valence-electron chi connectivity index (χ0n) is 9.68. The van der Waals surface area contributed by atoms with Crippen molar-refractivity contribution in [3.05, 3.63) is 41.6 Å². The monoisotopic (exact) mass is 231 g/mol. The molecule has 2 rings (SSSR count). The summed E-state index contributed by atoms with van der Waals surface area (Å²) in [5.74, 6) is -0.200. The van der Waals surface area contributed by atoms with Gasteiger partial charge in [0.1, 0.15) is 11.4 Å². The van der Waals surface area contributed by atoms with Crippen molar-refractivity contribution in [1.29, 1.82) is 0 Å². The molecule has 0 aliphatic rings. The Hall–Kier alpha value is -2.30. The number of hydrogen-bond donors (Lipinski definition) is 1. The van der Waals surface area contributed by atoms with E-state index in [1.54, 1.807) is 0 Å². The summed E-state index contributed by atoms with van der Waals surface area (Å²) < 4.78 is 6.15.